The molecule has 6 aromatic heterocycles. The fourth-order valence-corrected chi connectivity index (χ4v) is 18.3. The van der Waals surface area contributed by atoms with Crippen LogP contribution >= 0.6 is 0 Å². The van der Waals surface area contributed by atoms with Gasteiger partial charge in [-0.25, -0.2) is 19.9 Å². The molecule has 0 aliphatic heterocycles. The Kier molecular flexibility index (Phi) is 17.4. The molecule has 0 N–H and O–H groups in total. The summed E-state index contributed by atoms with van der Waals surface area (Å²) in [4.78, 5) is 20.5. The zero-order valence-electron chi connectivity index (χ0n) is 66.3. The van der Waals surface area contributed by atoms with Gasteiger partial charge >= 0.3 is 0 Å². The monoisotopic (exact) mass is 1550 g/mol. The third-order valence-electron chi connectivity index (χ3n) is 24.1. The molecule has 24 rings (SSSR count). The van der Waals surface area contributed by atoms with Crippen molar-refractivity contribution in [2.45, 2.75) is 0 Å². The summed E-state index contributed by atoms with van der Waals surface area (Å²) in [5, 5.41) is 12.3. The minimum absolute atomic E-state index is 0.623. The van der Waals surface area contributed by atoms with Crippen molar-refractivity contribution in [3.8, 4) is 124 Å². The lowest BCUT2D eigenvalue weighted by atomic mass is 9.96. The number of hydrogen-bond acceptors (Lipinski definition) is 4. The van der Waals surface area contributed by atoms with E-state index >= 15 is 0 Å². The molecule has 570 valence electrons. The van der Waals surface area contributed by atoms with Gasteiger partial charge in [0.05, 0.1) is 55.5 Å². The summed E-state index contributed by atoms with van der Waals surface area (Å²) in [6.07, 6.45) is 0. The first kappa shape index (κ1) is 70.9. The van der Waals surface area contributed by atoms with Gasteiger partial charge in [-0.2, -0.15) is 0 Å². The Morgan fingerprint density at radius 2 is 0.434 bits per heavy atom. The Balaban J connectivity index is 0.000000142. The smallest absolute Gasteiger partial charge is 0.164 e. The van der Waals surface area contributed by atoms with Gasteiger partial charge in [-0.15, -0.1) is 0 Å². The maximum atomic E-state index is 5.22. The normalized spacial score (nSPS) is 11.6. The van der Waals surface area contributed by atoms with Crippen molar-refractivity contribution >= 4 is 98.0 Å². The number of aromatic nitrogens is 8. The summed E-state index contributed by atoms with van der Waals surface area (Å²) in [5.41, 5.74) is 30.1. The Hall–Kier alpha value is -16.4. The largest absolute Gasteiger partial charge is 0.309 e. The van der Waals surface area contributed by atoms with E-state index in [0.29, 0.717) is 17.5 Å². The molecule has 0 atom stereocenters. The van der Waals surface area contributed by atoms with Crippen LogP contribution in [0, 0.1) is 0 Å². The summed E-state index contributed by atoms with van der Waals surface area (Å²) in [7, 11) is 0. The van der Waals surface area contributed by atoms with Gasteiger partial charge in [0.15, 0.2) is 17.5 Å². The number of benzene rings is 18. The molecule has 18 aromatic carbocycles. The van der Waals surface area contributed by atoms with Crippen molar-refractivity contribution in [3.63, 3.8) is 0 Å². The predicted molar refractivity (Wildman–Crippen MR) is 508 cm³/mol. The summed E-state index contributed by atoms with van der Waals surface area (Å²) < 4.78 is 9.63. The molecule has 0 radical (unpaired) electrons. The summed E-state index contributed by atoms with van der Waals surface area (Å²) in [6.45, 7) is 0. The number of hydrogen-bond donors (Lipinski definition) is 0. The average molecular weight is 1560 g/mol. The molecule has 122 heavy (non-hydrogen) atoms. The highest BCUT2D eigenvalue weighted by Gasteiger charge is 2.23. The molecule has 0 unspecified atom stereocenters. The molecule has 0 aliphatic carbocycles. The molecule has 0 fully saturated rings. The summed E-state index contributed by atoms with van der Waals surface area (Å²) >= 11 is 0. The maximum Gasteiger partial charge on any atom is 0.164 e. The fourth-order valence-electron chi connectivity index (χ4n) is 18.3. The molecule has 0 saturated heterocycles. The highest BCUT2D eigenvalue weighted by atomic mass is 15.0. The molecule has 8 nitrogen and oxygen atoms in total. The van der Waals surface area contributed by atoms with Gasteiger partial charge in [0.25, 0.3) is 0 Å². The second-order valence-electron chi connectivity index (χ2n) is 31.2. The number of pyridine rings is 1. The van der Waals surface area contributed by atoms with E-state index in [1.54, 1.807) is 0 Å². The Morgan fingerprint density at radius 1 is 0.139 bits per heavy atom. The lowest BCUT2D eigenvalue weighted by molar-refractivity contribution is 1.07. The van der Waals surface area contributed by atoms with Crippen molar-refractivity contribution in [2.75, 3.05) is 0 Å². The van der Waals surface area contributed by atoms with E-state index in [0.717, 1.165) is 89.6 Å². The molecule has 0 aliphatic rings. The zero-order valence-corrected chi connectivity index (χ0v) is 66.3. The van der Waals surface area contributed by atoms with E-state index in [4.69, 9.17) is 19.9 Å². The minimum atomic E-state index is 0.623. The fraction of sp³-hybridized carbons (Fsp3) is 0. The predicted octanol–water partition coefficient (Wildman–Crippen LogP) is 29.5. The van der Waals surface area contributed by atoms with Crippen LogP contribution in [0.1, 0.15) is 0 Å². The van der Waals surface area contributed by atoms with Crippen LogP contribution in [0.3, 0.4) is 0 Å². The first-order valence-corrected chi connectivity index (χ1v) is 41.5. The lowest BCUT2D eigenvalue weighted by Crippen LogP contribution is -2.00. The summed E-state index contributed by atoms with van der Waals surface area (Å²) in [6, 6.07) is 160. The van der Waals surface area contributed by atoms with Crippen molar-refractivity contribution < 1.29 is 0 Å². The van der Waals surface area contributed by atoms with Gasteiger partial charge in [0, 0.05) is 93.7 Å². The van der Waals surface area contributed by atoms with Crippen LogP contribution in [0.2, 0.25) is 0 Å². The highest BCUT2D eigenvalue weighted by molar-refractivity contribution is 6.21. The van der Waals surface area contributed by atoms with Crippen LogP contribution in [0.25, 0.3) is 222 Å². The van der Waals surface area contributed by atoms with E-state index in [2.05, 4.69) is 431 Å². The number of fused-ring (bicyclic) bond motifs is 13. The number of para-hydroxylation sites is 6. The van der Waals surface area contributed by atoms with Crippen molar-refractivity contribution in [2.24, 2.45) is 0 Å². The standard InChI is InChI=1S/C57H37N5.C57H37N3/c1-4-17-38(18-5-1)40-21-14-24-43(33-40)56-58-55(39-19-6-2-7-20-39)59-57(60-56)44-25-15-22-41(34-44)42-23-16-28-46(35-42)62-52-32-13-11-30-48(52)50-36-53-49(37-54(50)62)47-29-10-12-31-51(47)61(53)45-26-8-3-9-27-45;1-3-15-42(16-4-1)52-34-43(35-53(58-52)47-23-13-17-41-14-7-8-20-46(41)47)40-28-26-38(27-29-40)39-30-32-45(33-31-39)60-55-25-12-10-22-49(55)51-36-56-50(37-57(51)60)48-21-9-11-24-54(48)59(56)44-18-5-2-6-19-44/h1-37H;1-37H. The van der Waals surface area contributed by atoms with Gasteiger partial charge in [-0.05, 0) is 177 Å². The van der Waals surface area contributed by atoms with E-state index in [1.807, 2.05) is 36.4 Å². The van der Waals surface area contributed by atoms with Gasteiger partial charge in [0.2, 0.25) is 0 Å². The number of nitrogens with zero attached hydrogens (tertiary/aromatic N) is 8. The maximum absolute atomic E-state index is 5.22. The van der Waals surface area contributed by atoms with Crippen molar-refractivity contribution in [3.05, 3.63) is 449 Å². The quantitative estimate of drug-likeness (QED) is 0.115. The zero-order chi connectivity index (χ0) is 80.6. The molecular weight excluding hydrogens is 1480 g/mol. The van der Waals surface area contributed by atoms with Gasteiger partial charge in [-0.1, -0.05) is 328 Å². The van der Waals surface area contributed by atoms with E-state index < -0.39 is 0 Å². The molecule has 8 heteroatoms. The third kappa shape index (κ3) is 12.6. The molecule has 24 aromatic rings. The third-order valence-corrected chi connectivity index (χ3v) is 24.1. The first-order valence-electron chi connectivity index (χ1n) is 41.5. The average Bonchev–Trinajstić information content (AvgIpc) is 1.56. The lowest BCUT2D eigenvalue weighted by Gasteiger charge is -2.13. The van der Waals surface area contributed by atoms with Crippen molar-refractivity contribution in [1.82, 2.24) is 38.2 Å². The van der Waals surface area contributed by atoms with Gasteiger partial charge in [0.1, 0.15) is 0 Å². The van der Waals surface area contributed by atoms with Crippen molar-refractivity contribution in [1.29, 1.82) is 0 Å². The second kappa shape index (κ2) is 29.9. The molecule has 0 spiro atoms. The molecular formula is C114H74N8. The molecule has 6 heterocycles. The SMILES string of the molecule is c1ccc(-c2cc(-c3ccc(-c4ccc(-n5c6ccccc6c6cc7c(cc65)c5ccccc5n7-c5ccccc5)cc4)cc3)cc(-c3cccc4ccccc34)n2)cc1.c1ccc(-c2cccc(-c3nc(-c4ccccc4)nc(-c4cccc(-c5cccc(-n6c7ccccc7c7cc8c(cc76)c6ccccc6n8-c6ccccc6)c5)c4)n3)c2)cc1. The second-order valence-corrected chi connectivity index (χ2v) is 31.2. The Bertz CT molecular complexity index is 8140. The van der Waals surface area contributed by atoms with Crippen LogP contribution in [-0.4, -0.2) is 38.2 Å². The Labute approximate surface area is 704 Å². The topological polar surface area (TPSA) is 71.3 Å². The van der Waals surface area contributed by atoms with Crippen LogP contribution in [0.4, 0.5) is 0 Å². The van der Waals surface area contributed by atoms with E-state index in [1.165, 1.54) is 115 Å². The van der Waals surface area contributed by atoms with E-state index in [-0.39, 0.29) is 0 Å². The first-order chi connectivity index (χ1) is 60.5. The molecule has 0 amide bonds. The van der Waals surface area contributed by atoms with Crippen LogP contribution in [0.5, 0.6) is 0 Å². The number of rotatable bonds is 13. The highest BCUT2D eigenvalue weighted by Crippen LogP contribution is 2.45. The summed E-state index contributed by atoms with van der Waals surface area (Å²) in [5.74, 6) is 1.89. The van der Waals surface area contributed by atoms with Gasteiger partial charge in [-0.3, -0.25) is 0 Å². The van der Waals surface area contributed by atoms with Crippen LogP contribution in [-0.2, 0) is 0 Å². The van der Waals surface area contributed by atoms with Crippen LogP contribution < -0.4 is 0 Å². The molecule has 0 bridgehead atoms. The van der Waals surface area contributed by atoms with E-state index in [9.17, 15) is 0 Å². The molecule has 0 saturated carbocycles. The van der Waals surface area contributed by atoms with Gasteiger partial charge < -0.3 is 18.3 Å². The Morgan fingerprint density at radius 3 is 0.910 bits per heavy atom. The van der Waals surface area contributed by atoms with Crippen LogP contribution in [0.15, 0.2) is 449 Å². The minimum Gasteiger partial charge on any atom is -0.309 e.